The van der Waals surface area contributed by atoms with Crippen molar-refractivity contribution in [1.82, 2.24) is 4.90 Å². The minimum atomic E-state index is -0.179. The molecule has 3 aromatic rings. The monoisotopic (exact) mass is 305 g/mol. The molecule has 0 spiro atoms. The molecule has 1 N–H and O–H groups in total. The van der Waals surface area contributed by atoms with Crippen LogP contribution in [-0.2, 0) is 6.54 Å². The molecule has 0 bridgehead atoms. The van der Waals surface area contributed by atoms with Crippen LogP contribution in [0.15, 0.2) is 54.6 Å². The lowest BCUT2D eigenvalue weighted by Gasteiger charge is -2.28. The van der Waals surface area contributed by atoms with Gasteiger partial charge < -0.3 is 5.11 Å². The van der Waals surface area contributed by atoms with Gasteiger partial charge in [0.25, 0.3) is 0 Å². The molecule has 0 unspecified atom stereocenters. The largest absolute Gasteiger partial charge is 0.391 e. The fourth-order valence-electron chi connectivity index (χ4n) is 4.08. The third-order valence-corrected chi connectivity index (χ3v) is 5.30. The van der Waals surface area contributed by atoms with E-state index in [1.165, 1.54) is 27.1 Å². The molecule has 1 aliphatic carbocycles. The van der Waals surface area contributed by atoms with E-state index in [2.05, 4.69) is 66.5 Å². The molecule has 0 heterocycles. The van der Waals surface area contributed by atoms with Gasteiger partial charge in [0.15, 0.2) is 0 Å². The van der Waals surface area contributed by atoms with Crippen molar-refractivity contribution in [2.24, 2.45) is 0 Å². The number of hydrogen-bond acceptors (Lipinski definition) is 2. The van der Waals surface area contributed by atoms with Crippen LogP contribution in [0.2, 0.25) is 0 Å². The third-order valence-electron chi connectivity index (χ3n) is 5.30. The summed E-state index contributed by atoms with van der Waals surface area (Å²) in [5.41, 5.74) is 1.38. The van der Waals surface area contributed by atoms with Gasteiger partial charge in [-0.25, -0.2) is 0 Å². The SMILES string of the molecule is CN(Cc1c2ccccc2cc2ccccc12)[C@H]1CCC[C@@H]1O. The molecule has 0 saturated heterocycles. The molecule has 23 heavy (non-hydrogen) atoms. The molecular weight excluding hydrogens is 282 g/mol. The normalized spacial score (nSPS) is 21.5. The van der Waals surface area contributed by atoms with Crippen molar-refractivity contribution in [3.05, 3.63) is 60.2 Å². The summed E-state index contributed by atoms with van der Waals surface area (Å²) >= 11 is 0. The molecule has 2 heteroatoms. The average molecular weight is 305 g/mol. The Balaban J connectivity index is 1.82. The number of fused-ring (bicyclic) bond motifs is 2. The van der Waals surface area contributed by atoms with Crippen LogP contribution in [0, 0.1) is 0 Å². The second-order valence-electron chi connectivity index (χ2n) is 6.78. The van der Waals surface area contributed by atoms with E-state index in [1.54, 1.807) is 0 Å². The van der Waals surface area contributed by atoms with Crippen molar-refractivity contribution in [2.75, 3.05) is 7.05 Å². The molecule has 1 fully saturated rings. The van der Waals surface area contributed by atoms with Gasteiger partial charge in [0.05, 0.1) is 6.10 Å². The average Bonchev–Trinajstić information content (AvgIpc) is 3.00. The first-order chi connectivity index (χ1) is 11.2. The van der Waals surface area contributed by atoms with Crippen LogP contribution in [0.3, 0.4) is 0 Å². The number of benzene rings is 3. The van der Waals surface area contributed by atoms with Crippen LogP contribution in [0.1, 0.15) is 24.8 Å². The smallest absolute Gasteiger partial charge is 0.0695 e. The highest BCUT2D eigenvalue weighted by molar-refractivity contribution is 6.02. The third kappa shape index (κ3) is 2.62. The van der Waals surface area contributed by atoms with Crippen molar-refractivity contribution in [1.29, 1.82) is 0 Å². The fourth-order valence-corrected chi connectivity index (χ4v) is 4.08. The Labute approximate surface area is 137 Å². The highest BCUT2D eigenvalue weighted by atomic mass is 16.3. The topological polar surface area (TPSA) is 23.5 Å². The summed E-state index contributed by atoms with van der Waals surface area (Å²) in [4.78, 5) is 2.34. The maximum absolute atomic E-state index is 10.2. The molecule has 2 nitrogen and oxygen atoms in total. The van der Waals surface area contributed by atoms with Gasteiger partial charge in [-0.2, -0.15) is 0 Å². The van der Waals surface area contributed by atoms with Crippen molar-refractivity contribution in [3.8, 4) is 0 Å². The first kappa shape index (κ1) is 14.7. The van der Waals surface area contributed by atoms with Crippen LogP contribution in [0.5, 0.6) is 0 Å². The summed E-state index contributed by atoms with van der Waals surface area (Å²) in [6, 6.07) is 19.8. The molecule has 0 aliphatic heterocycles. The van der Waals surface area contributed by atoms with Gasteiger partial charge >= 0.3 is 0 Å². The molecule has 0 aromatic heterocycles. The lowest BCUT2D eigenvalue weighted by atomic mass is 9.96. The van der Waals surface area contributed by atoms with Crippen LogP contribution >= 0.6 is 0 Å². The second kappa shape index (κ2) is 5.95. The Morgan fingerprint density at radius 3 is 2.13 bits per heavy atom. The summed E-state index contributed by atoms with van der Waals surface area (Å²) in [6.07, 6.45) is 2.99. The van der Waals surface area contributed by atoms with E-state index in [0.717, 1.165) is 25.8 Å². The van der Waals surface area contributed by atoms with Gasteiger partial charge in [-0.1, -0.05) is 48.5 Å². The summed E-state index contributed by atoms with van der Waals surface area (Å²) < 4.78 is 0. The van der Waals surface area contributed by atoms with E-state index in [9.17, 15) is 5.11 Å². The summed E-state index contributed by atoms with van der Waals surface area (Å²) in [5.74, 6) is 0. The zero-order valence-corrected chi connectivity index (χ0v) is 13.6. The number of hydrogen-bond donors (Lipinski definition) is 1. The molecule has 2 atom stereocenters. The van der Waals surface area contributed by atoms with Crippen molar-refractivity contribution in [2.45, 2.75) is 38.0 Å². The molecule has 118 valence electrons. The van der Waals surface area contributed by atoms with E-state index in [4.69, 9.17) is 0 Å². The highest BCUT2D eigenvalue weighted by Crippen LogP contribution is 2.31. The second-order valence-corrected chi connectivity index (χ2v) is 6.78. The minimum absolute atomic E-state index is 0.179. The minimum Gasteiger partial charge on any atom is -0.391 e. The number of nitrogens with zero attached hydrogens (tertiary/aromatic N) is 1. The molecular formula is C21H23NO. The maximum atomic E-state index is 10.2. The van der Waals surface area contributed by atoms with Crippen LogP contribution in [0.25, 0.3) is 21.5 Å². The molecule has 0 amide bonds. The zero-order chi connectivity index (χ0) is 15.8. The van der Waals surface area contributed by atoms with Gasteiger partial charge in [0, 0.05) is 12.6 Å². The van der Waals surface area contributed by atoms with Gasteiger partial charge in [0.2, 0.25) is 0 Å². The number of aliphatic hydroxyl groups excluding tert-OH is 1. The molecule has 4 rings (SSSR count). The zero-order valence-electron chi connectivity index (χ0n) is 13.6. The van der Waals surface area contributed by atoms with Gasteiger partial charge in [-0.05, 0) is 59.5 Å². The van der Waals surface area contributed by atoms with Crippen LogP contribution in [0.4, 0.5) is 0 Å². The fraction of sp³-hybridized carbons (Fsp3) is 0.333. The van der Waals surface area contributed by atoms with Gasteiger partial charge in [-0.15, -0.1) is 0 Å². The summed E-state index contributed by atoms with van der Waals surface area (Å²) in [7, 11) is 2.15. The predicted octanol–water partition coefficient (Wildman–Crippen LogP) is 4.34. The summed E-state index contributed by atoms with van der Waals surface area (Å²) in [5, 5.41) is 15.5. The van der Waals surface area contributed by atoms with Gasteiger partial charge in [0.1, 0.15) is 0 Å². The van der Waals surface area contributed by atoms with E-state index in [0.29, 0.717) is 0 Å². The molecule has 3 aromatic carbocycles. The van der Waals surface area contributed by atoms with E-state index < -0.39 is 0 Å². The number of rotatable bonds is 3. The Morgan fingerprint density at radius 1 is 0.957 bits per heavy atom. The molecule has 0 radical (unpaired) electrons. The van der Waals surface area contributed by atoms with Crippen LogP contribution in [-0.4, -0.2) is 29.2 Å². The lowest BCUT2D eigenvalue weighted by Crippen LogP contribution is -2.37. The first-order valence-electron chi connectivity index (χ1n) is 8.52. The lowest BCUT2D eigenvalue weighted by molar-refractivity contribution is 0.0829. The Morgan fingerprint density at radius 2 is 1.57 bits per heavy atom. The van der Waals surface area contributed by atoms with Crippen molar-refractivity contribution >= 4 is 21.5 Å². The van der Waals surface area contributed by atoms with Gasteiger partial charge in [-0.3, -0.25) is 4.90 Å². The first-order valence-corrected chi connectivity index (χ1v) is 8.52. The molecule has 1 saturated carbocycles. The Hall–Kier alpha value is -1.90. The van der Waals surface area contributed by atoms with Crippen LogP contribution < -0.4 is 0 Å². The number of likely N-dealkylation sites (N-methyl/N-ethyl adjacent to an activating group) is 1. The highest BCUT2D eigenvalue weighted by Gasteiger charge is 2.29. The van der Waals surface area contributed by atoms with E-state index in [1.807, 2.05) is 0 Å². The number of aliphatic hydroxyl groups is 1. The standard InChI is InChI=1S/C21H23NO/c1-22(20-11-6-12-21(20)23)14-19-17-9-4-2-7-15(17)13-16-8-3-5-10-18(16)19/h2-5,7-10,13,20-21,23H,6,11-12,14H2,1H3/t20-,21-/m0/s1. The quantitative estimate of drug-likeness (QED) is 0.728. The maximum Gasteiger partial charge on any atom is 0.0695 e. The van der Waals surface area contributed by atoms with E-state index >= 15 is 0 Å². The Kier molecular flexibility index (Phi) is 3.80. The Bertz CT molecular complexity index is 787. The summed E-state index contributed by atoms with van der Waals surface area (Å²) in [6.45, 7) is 0.879. The van der Waals surface area contributed by atoms with Crippen molar-refractivity contribution < 1.29 is 5.11 Å². The van der Waals surface area contributed by atoms with E-state index in [-0.39, 0.29) is 12.1 Å². The molecule has 1 aliphatic rings. The predicted molar refractivity (Wildman–Crippen MR) is 96.6 cm³/mol. The van der Waals surface area contributed by atoms with Crippen molar-refractivity contribution in [3.63, 3.8) is 0 Å².